The predicted octanol–water partition coefficient (Wildman–Crippen LogP) is 4.23. The largest absolute Gasteiger partial charge is 0.386 e. The topological polar surface area (TPSA) is 95.6 Å². The second-order valence-electron chi connectivity index (χ2n) is 12.2. The Balaban J connectivity index is 1.57. The van der Waals surface area contributed by atoms with Crippen molar-refractivity contribution in [3.63, 3.8) is 0 Å². The van der Waals surface area contributed by atoms with Crippen LogP contribution in [0.25, 0.3) is 0 Å². The van der Waals surface area contributed by atoms with E-state index in [0.29, 0.717) is 16.6 Å². The van der Waals surface area contributed by atoms with Crippen LogP contribution in [-0.2, 0) is 33.4 Å². The lowest BCUT2D eigenvalue weighted by molar-refractivity contribution is -0.202. The van der Waals surface area contributed by atoms with Crippen molar-refractivity contribution in [3.05, 3.63) is 29.8 Å². The predicted molar refractivity (Wildman–Crippen MR) is 138 cm³/mol. The Labute approximate surface area is 216 Å². The first-order valence-corrected chi connectivity index (χ1v) is 16.7. The Morgan fingerprint density at radius 1 is 0.861 bits per heavy atom. The Morgan fingerprint density at radius 2 is 1.39 bits per heavy atom. The molecule has 3 aliphatic heterocycles. The zero-order chi connectivity index (χ0) is 26.4. The van der Waals surface area contributed by atoms with E-state index in [0.717, 1.165) is 5.56 Å². The van der Waals surface area contributed by atoms with Crippen LogP contribution in [0.4, 0.5) is 0 Å². The molecular weight excluding hydrogens is 498 g/mol. The highest BCUT2D eigenvalue weighted by Gasteiger charge is 2.81. The zero-order valence-electron chi connectivity index (χ0n) is 22.8. The maximum atomic E-state index is 13.6. The summed E-state index contributed by atoms with van der Waals surface area (Å²) in [5.74, 6) is -1.89. The van der Waals surface area contributed by atoms with Crippen LogP contribution in [0.5, 0.6) is 0 Å². The molecule has 0 aromatic heterocycles. The molecule has 3 saturated heterocycles. The van der Waals surface area contributed by atoms with Crippen LogP contribution in [0.15, 0.2) is 29.2 Å². The van der Waals surface area contributed by atoms with Crippen molar-refractivity contribution in [1.29, 1.82) is 0 Å². The van der Waals surface area contributed by atoms with Gasteiger partial charge in [0.05, 0.1) is 4.90 Å². The first kappa shape index (κ1) is 26.7. The monoisotopic (exact) mass is 539 g/mol. The van der Waals surface area contributed by atoms with Crippen molar-refractivity contribution in [2.24, 2.45) is 0 Å². The number of rotatable bonds is 8. The van der Waals surface area contributed by atoms with Crippen molar-refractivity contribution in [2.45, 2.75) is 132 Å². The molecule has 4 aliphatic rings. The molecule has 0 amide bonds. The molecule has 5 rings (SSSR count). The highest BCUT2D eigenvalue weighted by Crippen LogP contribution is 2.60. The van der Waals surface area contributed by atoms with Gasteiger partial charge in [-0.3, -0.25) is 0 Å². The third-order valence-corrected chi connectivity index (χ3v) is 16.0. The number of epoxide rings is 1. The Kier molecular flexibility index (Phi) is 6.37. The molecule has 1 aliphatic carbocycles. The van der Waals surface area contributed by atoms with E-state index < -0.39 is 54.3 Å². The van der Waals surface area contributed by atoms with E-state index in [1.165, 1.54) is 0 Å². The van der Waals surface area contributed by atoms with Crippen LogP contribution >= 0.6 is 0 Å². The van der Waals surface area contributed by atoms with E-state index >= 15 is 0 Å². The molecule has 0 unspecified atom stereocenters. The van der Waals surface area contributed by atoms with Gasteiger partial charge in [0, 0.05) is 0 Å². The first-order valence-electron chi connectivity index (χ1n) is 13.1. The van der Waals surface area contributed by atoms with Gasteiger partial charge in [0.2, 0.25) is 24.1 Å². The fourth-order valence-electron chi connectivity index (χ4n) is 6.99. The van der Waals surface area contributed by atoms with Gasteiger partial charge in [0.1, 0.15) is 36.6 Å². The number of aryl methyl sites for hydroxylation is 1. The summed E-state index contributed by atoms with van der Waals surface area (Å²) < 4.78 is 62.8. The Bertz CT molecular complexity index is 1080. The summed E-state index contributed by atoms with van der Waals surface area (Å²) in [6.45, 7) is 18.9. The maximum Gasteiger partial charge on any atom is 0.241 e. The van der Waals surface area contributed by atoms with Gasteiger partial charge in [-0.2, -0.15) is 4.72 Å². The fraction of sp³-hybridized carbons (Fsp3) is 0.769. The lowest BCUT2D eigenvalue weighted by Gasteiger charge is -2.47. The van der Waals surface area contributed by atoms with Crippen LogP contribution in [0.1, 0.15) is 61.0 Å². The first-order chi connectivity index (χ1) is 16.6. The molecule has 4 fully saturated rings. The van der Waals surface area contributed by atoms with E-state index in [1.807, 2.05) is 20.8 Å². The number of hydrogen-bond donors (Lipinski definition) is 1. The van der Waals surface area contributed by atoms with E-state index in [-0.39, 0.29) is 17.1 Å². The molecule has 10 heteroatoms. The lowest BCUT2D eigenvalue weighted by Crippen LogP contribution is -2.64. The van der Waals surface area contributed by atoms with Gasteiger partial charge in [-0.05, 0) is 49.5 Å². The molecule has 7 atom stereocenters. The van der Waals surface area contributed by atoms with Crippen LogP contribution in [-0.4, -0.2) is 64.9 Å². The van der Waals surface area contributed by atoms with Crippen molar-refractivity contribution in [1.82, 2.24) is 4.72 Å². The van der Waals surface area contributed by atoms with Gasteiger partial charge >= 0.3 is 0 Å². The van der Waals surface area contributed by atoms with Crippen molar-refractivity contribution < 1.29 is 31.8 Å². The van der Waals surface area contributed by atoms with E-state index in [1.54, 1.807) is 24.3 Å². The number of ether oxygens (including phenoxy) is 4. The average molecular weight is 540 g/mol. The third kappa shape index (κ3) is 3.95. The lowest BCUT2D eigenvalue weighted by atomic mass is 10.0. The van der Waals surface area contributed by atoms with Gasteiger partial charge < -0.3 is 23.4 Å². The minimum atomic E-state index is -3.89. The molecule has 36 heavy (non-hydrogen) atoms. The van der Waals surface area contributed by atoms with Crippen LogP contribution in [0.2, 0.25) is 16.6 Å². The summed E-state index contributed by atoms with van der Waals surface area (Å²) >= 11 is 0. The highest BCUT2D eigenvalue weighted by atomic mass is 32.2. The number of nitrogens with one attached hydrogen (secondary N) is 1. The number of sulfonamides is 1. The minimum absolute atomic E-state index is 0.195. The summed E-state index contributed by atoms with van der Waals surface area (Å²) in [6.07, 6.45) is -2.17. The molecule has 202 valence electrons. The quantitative estimate of drug-likeness (QED) is 0.390. The molecule has 8 nitrogen and oxygen atoms in total. The maximum absolute atomic E-state index is 13.6. The summed E-state index contributed by atoms with van der Waals surface area (Å²) in [4.78, 5) is 0.195. The molecule has 0 radical (unpaired) electrons. The van der Waals surface area contributed by atoms with E-state index in [9.17, 15) is 8.42 Å². The smallest absolute Gasteiger partial charge is 0.241 e. The second kappa shape index (κ2) is 8.57. The summed E-state index contributed by atoms with van der Waals surface area (Å²) in [5.41, 5.74) is 1.90. The van der Waals surface area contributed by atoms with Gasteiger partial charge in [0.25, 0.3) is 0 Å². The van der Waals surface area contributed by atoms with Crippen molar-refractivity contribution >= 4 is 18.3 Å². The van der Waals surface area contributed by atoms with Gasteiger partial charge in [-0.25, -0.2) is 8.42 Å². The van der Waals surface area contributed by atoms with Crippen molar-refractivity contribution in [2.75, 3.05) is 0 Å². The molecule has 1 N–H and O–H groups in total. The fourth-order valence-corrected chi connectivity index (χ4v) is 13.8. The SMILES string of the molecule is Cc1ccc(S(=O)(=O)N[C@H]2[C@H]3O[C@H]([C@@H]4OC(C)(C)O[C@@H]43)[C@H]3O[C@]32O[Si](C(C)C)(C(C)C)C(C)C)cc1. The second-order valence-corrected chi connectivity index (χ2v) is 19.3. The van der Waals surface area contributed by atoms with Gasteiger partial charge in [-0.15, -0.1) is 0 Å². The molecule has 0 spiro atoms. The van der Waals surface area contributed by atoms with Crippen LogP contribution in [0, 0.1) is 6.92 Å². The Morgan fingerprint density at radius 3 is 1.92 bits per heavy atom. The number of hydrogen-bond acceptors (Lipinski definition) is 7. The summed E-state index contributed by atoms with van der Waals surface area (Å²) in [6, 6.07) is 6.05. The molecule has 1 aromatic rings. The molecule has 1 saturated carbocycles. The summed E-state index contributed by atoms with van der Waals surface area (Å²) in [5, 5.41) is 0. The van der Waals surface area contributed by atoms with Crippen LogP contribution in [0.3, 0.4) is 0 Å². The zero-order valence-corrected chi connectivity index (χ0v) is 24.6. The third-order valence-electron chi connectivity index (χ3n) is 8.49. The summed E-state index contributed by atoms with van der Waals surface area (Å²) in [7, 11) is -6.33. The molecular formula is C26H41NO7SSi. The van der Waals surface area contributed by atoms with Gasteiger partial charge in [0.15, 0.2) is 5.79 Å². The Hall–Kier alpha value is -0.853. The average Bonchev–Trinajstić information content (AvgIpc) is 3.31. The van der Waals surface area contributed by atoms with E-state index in [2.05, 4.69) is 46.3 Å². The highest BCUT2D eigenvalue weighted by molar-refractivity contribution is 7.89. The molecule has 2 bridgehead atoms. The van der Waals surface area contributed by atoms with E-state index in [4.69, 9.17) is 23.4 Å². The van der Waals surface area contributed by atoms with Gasteiger partial charge in [-0.1, -0.05) is 59.2 Å². The molecule has 1 aromatic carbocycles. The standard InChI is InChI=1S/C26H41NO7SSi/c1-14(2)36(15(3)4,16(5)6)34-26-23(27-35(28,29)18-12-10-17(7)11-13-18)21-19-20(32-25(8,9)31-19)22(30-21)24(26)33-26/h10-16,19-24,27H,1-9H3/t19-,20+,21-,22+,23-,24+,26+/m0/s1. The number of benzene rings is 1. The van der Waals surface area contributed by atoms with Crippen molar-refractivity contribution in [3.8, 4) is 0 Å². The normalized spacial score (nSPS) is 37.0. The number of fused-ring (bicyclic) bond motifs is 2. The molecule has 3 heterocycles. The minimum Gasteiger partial charge on any atom is -0.386 e. The van der Waals surface area contributed by atoms with Crippen LogP contribution < -0.4 is 4.72 Å².